The molecule has 2 amide bonds. The molecule has 3 unspecified atom stereocenters. The molecule has 0 spiro atoms. The number of hydrogen-bond acceptors (Lipinski definition) is 6. The van der Waals surface area contributed by atoms with Crippen molar-refractivity contribution in [2.75, 3.05) is 12.4 Å². The van der Waals surface area contributed by atoms with Crippen molar-refractivity contribution in [1.82, 2.24) is 20.2 Å². The van der Waals surface area contributed by atoms with E-state index in [1.54, 1.807) is 24.9 Å². The van der Waals surface area contributed by atoms with Gasteiger partial charge in [-0.1, -0.05) is 67.4 Å². The number of aromatic nitrogens is 2. The van der Waals surface area contributed by atoms with Gasteiger partial charge in [-0.2, -0.15) is 0 Å². The number of rotatable bonds is 9. The van der Waals surface area contributed by atoms with E-state index >= 15 is 0 Å². The molecule has 1 aliphatic heterocycles. The van der Waals surface area contributed by atoms with E-state index in [4.69, 9.17) is 11.6 Å². The zero-order valence-electron chi connectivity index (χ0n) is 20.5. The van der Waals surface area contributed by atoms with Crippen LogP contribution in [0.1, 0.15) is 54.2 Å². The second-order valence-corrected chi connectivity index (χ2v) is 9.28. The topological polar surface area (TPSA) is 107 Å². The minimum Gasteiger partial charge on any atom is -0.391 e. The van der Waals surface area contributed by atoms with Crippen molar-refractivity contribution in [1.29, 1.82) is 0 Å². The first-order chi connectivity index (χ1) is 17.3. The Morgan fingerprint density at radius 3 is 2.67 bits per heavy atom. The van der Waals surface area contributed by atoms with Crippen molar-refractivity contribution >= 4 is 29.4 Å². The molecular formula is C27H30ClN5O3. The number of hydrogen-bond donors (Lipinski definition) is 3. The standard InChI is InChI=1S/C27H30ClN5O3/c1-4-8-22(34)24(17-9-6-5-7-10-17)31-25(35)16(2)33-15-19-12-11-18(13-20(19)26(33)36)23-21(28)14-30-27(29-3)32-23/h5-7,9-14,16,22,24,34H,4,8,15H2,1-3H3,(H,31,35)(H,29,30,32). The molecule has 9 heteroatoms. The lowest BCUT2D eigenvalue weighted by Gasteiger charge is -2.29. The van der Waals surface area contributed by atoms with Crippen LogP contribution in [-0.2, 0) is 11.3 Å². The number of nitrogens with zero attached hydrogens (tertiary/aromatic N) is 3. The normalized spacial score (nSPS) is 15.2. The van der Waals surface area contributed by atoms with Crippen LogP contribution in [0.15, 0.2) is 54.7 Å². The third-order valence-electron chi connectivity index (χ3n) is 6.46. The molecular weight excluding hydrogens is 478 g/mol. The largest absolute Gasteiger partial charge is 0.391 e. The van der Waals surface area contributed by atoms with Crippen LogP contribution in [0.5, 0.6) is 0 Å². The smallest absolute Gasteiger partial charge is 0.255 e. The summed E-state index contributed by atoms with van der Waals surface area (Å²) in [4.78, 5) is 36.7. The molecule has 3 aromatic rings. The Morgan fingerprint density at radius 2 is 1.97 bits per heavy atom. The first-order valence-corrected chi connectivity index (χ1v) is 12.4. The van der Waals surface area contributed by atoms with Crippen molar-refractivity contribution in [3.8, 4) is 11.3 Å². The van der Waals surface area contributed by atoms with Crippen LogP contribution in [0, 0.1) is 0 Å². The highest BCUT2D eigenvalue weighted by atomic mass is 35.5. The van der Waals surface area contributed by atoms with Gasteiger partial charge in [0.05, 0.1) is 29.1 Å². The number of nitrogens with one attached hydrogen (secondary N) is 2. The van der Waals surface area contributed by atoms with Gasteiger partial charge >= 0.3 is 0 Å². The van der Waals surface area contributed by atoms with Crippen LogP contribution < -0.4 is 10.6 Å². The maximum absolute atomic E-state index is 13.3. The second-order valence-electron chi connectivity index (χ2n) is 8.87. The summed E-state index contributed by atoms with van der Waals surface area (Å²) in [5, 5.41) is 17.0. The minimum absolute atomic E-state index is 0.237. The number of aliphatic hydroxyl groups excluding tert-OH is 1. The Bertz CT molecular complexity index is 1250. The van der Waals surface area contributed by atoms with E-state index in [1.807, 2.05) is 49.4 Å². The van der Waals surface area contributed by atoms with E-state index in [0.717, 1.165) is 17.5 Å². The van der Waals surface area contributed by atoms with Crippen molar-refractivity contribution in [2.45, 2.75) is 51.4 Å². The fraction of sp³-hybridized carbons (Fsp3) is 0.333. The number of carbonyl (C=O) groups is 2. The molecule has 4 rings (SSSR count). The van der Waals surface area contributed by atoms with E-state index in [0.29, 0.717) is 40.8 Å². The summed E-state index contributed by atoms with van der Waals surface area (Å²) >= 11 is 6.32. The lowest BCUT2D eigenvalue weighted by atomic mass is 9.98. The van der Waals surface area contributed by atoms with Crippen LogP contribution in [0.3, 0.4) is 0 Å². The summed E-state index contributed by atoms with van der Waals surface area (Å²) in [5.41, 5.74) is 3.37. The molecule has 1 aliphatic rings. The van der Waals surface area contributed by atoms with Gasteiger partial charge in [0.25, 0.3) is 5.91 Å². The summed E-state index contributed by atoms with van der Waals surface area (Å²) in [5.74, 6) is -0.136. The maximum Gasteiger partial charge on any atom is 0.255 e. The van der Waals surface area contributed by atoms with Crippen molar-refractivity contribution in [2.24, 2.45) is 0 Å². The minimum atomic E-state index is -0.734. The highest BCUT2D eigenvalue weighted by Crippen LogP contribution is 2.32. The molecule has 1 aromatic heterocycles. The third kappa shape index (κ3) is 5.20. The SMILES string of the molecule is CCCC(O)C(NC(=O)C(C)N1Cc2ccc(-c3nc(NC)ncc3Cl)cc2C1=O)c1ccccc1. The molecule has 3 N–H and O–H groups in total. The fourth-order valence-electron chi connectivity index (χ4n) is 4.41. The van der Waals surface area contributed by atoms with Crippen LogP contribution in [0.25, 0.3) is 11.3 Å². The van der Waals surface area contributed by atoms with Gasteiger partial charge in [0.15, 0.2) is 0 Å². The van der Waals surface area contributed by atoms with Crippen molar-refractivity contribution in [3.05, 3.63) is 76.4 Å². The average molecular weight is 508 g/mol. The number of carbonyl (C=O) groups excluding carboxylic acids is 2. The van der Waals surface area contributed by atoms with E-state index in [9.17, 15) is 14.7 Å². The monoisotopic (exact) mass is 507 g/mol. The molecule has 0 saturated heterocycles. The van der Waals surface area contributed by atoms with Crippen LogP contribution in [-0.4, -0.2) is 51.0 Å². The molecule has 3 atom stereocenters. The number of amides is 2. The Labute approximate surface area is 215 Å². The molecule has 0 aliphatic carbocycles. The summed E-state index contributed by atoms with van der Waals surface area (Å²) in [6.45, 7) is 4.00. The van der Waals surface area contributed by atoms with Gasteiger partial charge in [-0.25, -0.2) is 9.97 Å². The Balaban J connectivity index is 1.54. The number of anilines is 1. The molecule has 2 heterocycles. The highest BCUT2D eigenvalue weighted by molar-refractivity contribution is 6.33. The highest BCUT2D eigenvalue weighted by Gasteiger charge is 2.35. The van der Waals surface area contributed by atoms with Gasteiger partial charge in [-0.15, -0.1) is 0 Å². The number of halogens is 1. The van der Waals surface area contributed by atoms with E-state index in [1.165, 1.54) is 6.20 Å². The van der Waals surface area contributed by atoms with E-state index < -0.39 is 18.2 Å². The molecule has 0 fully saturated rings. The Hall–Kier alpha value is -3.49. The van der Waals surface area contributed by atoms with Crippen LogP contribution >= 0.6 is 11.6 Å². The summed E-state index contributed by atoms with van der Waals surface area (Å²) in [6, 6.07) is 13.6. The molecule has 0 bridgehead atoms. The third-order valence-corrected chi connectivity index (χ3v) is 6.73. The van der Waals surface area contributed by atoms with Gasteiger partial charge in [0.2, 0.25) is 11.9 Å². The summed E-state index contributed by atoms with van der Waals surface area (Å²) < 4.78 is 0. The average Bonchev–Trinajstić information content (AvgIpc) is 3.23. The fourth-order valence-corrected chi connectivity index (χ4v) is 4.61. The van der Waals surface area contributed by atoms with Gasteiger partial charge in [-0.05, 0) is 30.5 Å². The predicted molar refractivity (Wildman–Crippen MR) is 140 cm³/mol. The number of fused-ring (bicyclic) bond motifs is 1. The Kier molecular flexibility index (Phi) is 7.86. The van der Waals surface area contributed by atoms with Crippen molar-refractivity contribution < 1.29 is 14.7 Å². The lowest BCUT2D eigenvalue weighted by Crippen LogP contribution is -2.48. The summed E-state index contributed by atoms with van der Waals surface area (Å²) in [6.07, 6.45) is 2.11. The van der Waals surface area contributed by atoms with Gasteiger partial charge in [0.1, 0.15) is 6.04 Å². The van der Waals surface area contributed by atoms with Crippen LogP contribution in [0.4, 0.5) is 5.95 Å². The van der Waals surface area contributed by atoms with Crippen molar-refractivity contribution in [3.63, 3.8) is 0 Å². The zero-order valence-corrected chi connectivity index (χ0v) is 21.3. The first-order valence-electron chi connectivity index (χ1n) is 12.0. The zero-order chi connectivity index (χ0) is 25.8. The molecule has 0 saturated carbocycles. The molecule has 8 nitrogen and oxygen atoms in total. The molecule has 2 aromatic carbocycles. The number of benzene rings is 2. The first kappa shape index (κ1) is 25.6. The lowest BCUT2D eigenvalue weighted by molar-refractivity contribution is -0.127. The maximum atomic E-state index is 13.3. The second kappa shape index (κ2) is 11.1. The van der Waals surface area contributed by atoms with Gasteiger partial charge in [-0.3, -0.25) is 9.59 Å². The van der Waals surface area contributed by atoms with E-state index in [-0.39, 0.29) is 11.8 Å². The summed E-state index contributed by atoms with van der Waals surface area (Å²) in [7, 11) is 1.72. The molecule has 188 valence electrons. The molecule has 36 heavy (non-hydrogen) atoms. The molecule has 0 radical (unpaired) electrons. The van der Waals surface area contributed by atoms with Gasteiger partial charge < -0.3 is 20.6 Å². The van der Waals surface area contributed by atoms with E-state index in [2.05, 4.69) is 20.6 Å². The van der Waals surface area contributed by atoms with Crippen LogP contribution in [0.2, 0.25) is 5.02 Å². The Morgan fingerprint density at radius 1 is 1.22 bits per heavy atom. The number of aliphatic hydroxyl groups is 1. The predicted octanol–water partition coefficient (Wildman–Crippen LogP) is 4.20. The van der Waals surface area contributed by atoms with Gasteiger partial charge in [0, 0.05) is 24.7 Å². The quantitative estimate of drug-likeness (QED) is 0.400.